The fourth-order valence-electron chi connectivity index (χ4n) is 0.480. The van der Waals surface area contributed by atoms with Gasteiger partial charge in [0, 0.05) is 13.1 Å². The van der Waals surface area contributed by atoms with Crippen molar-refractivity contribution in [2.75, 3.05) is 7.05 Å². The predicted molar refractivity (Wildman–Crippen MR) is 46.9 cm³/mol. The largest absolute Gasteiger partial charge is 0.378 e. The molecule has 0 N–H and O–H groups in total. The van der Waals surface area contributed by atoms with E-state index in [9.17, 15) is 0 Å². The van der Waals surface area contributed by atoms with Crippen LogP contribution in [0.3, 0.4) is 0 Å². The van der Waals surface area contributed by atoms with Crippen LogP contribution in [0.5, 0.6) is 0 Å². The number of rotatable bonds is 3. The molecule has 0 aliphatic carbocycles. The smallest absolute Gasteiger partial charge is 0.0224 e. The third-order valence-corrected chi connectivity index (χ3v) is 1.52. The third kappa shape index (κ3) is 4.42. The summed E-state index contributed by atoms with van der Waals surface area (Å²) in [6.45, 7) is 8.74. The van der Waals surface area contributed by atoms with Crippen molar-refractivity contribution in [2.24, 2.45) is 5.92 Å². The maximum absolute atomic E-state index is 2.21. The summed E-state index contributed by atoms with van der Waals surface area (Å²) in [5, 5.41) is 0. The molecule has 0 unspecified atom stereocenters. The summed E-state index contributed by atoms with van der Waals surface area (Å²) in [5.74, 6) is 0.654. The summed E-state index contributed by atoms with van der Waals surface area (Å²) >= 11 is 0. The van der Waals surface area contributed by atoms with Crippen LogP contribution < -0.4 is 0 Å². The molecule has 10 heavy (non-hydrogen) atoms. The molecule has 0 atom stereocenters. The normalized spacial score (nSPS) is 11.9. The molecule has 60 valence electrons. The summed E-state index contributed by atoms with van der Waals surface area (Å²) in [5.41, 5.74) is 0. The Morgan fingerprint density at radius 1 is 1.10 bits per heavy atom. The van der Waals surface area contributed by atoms with Gasteiger partial charge in [0.2, 0.25) is 0 Å². The van der Waals surface area contributed by atoms with Gasteiger partial charge in [-0.3, -0.25) is 0 Å². The van der Waals surface area contributed by atoms with Gasteiger partial charge in [-0.25, -0.2) is 0 Å². The maximum Gasteiger partial charge on any atom is 0.0224 e. The van der Waals surface area contributed by atoms with E-state index in [1.807, 2.05) is 0 Å². The van der Waals surface area contributed by atoms with Crippen LogP contribution in [0, 0.1) is 5.92 Å². The van der Waals surface area contributed by atoms with Crippen molar-refractivity contribution in [2.45, 2.75) is 33.7 Å². The van der Waals surface area contributed by atoms with E-state index < -0.39 is 0 Å². The first-order valence-electron chi connectivity index (χ1n) is 3.94. The van der Waals surface area contributed by atoms with Gasteiger partial charge in [0.1, 0.15) is 0 Å². The second kappa shape index (κ2) is 4.37. The van der Waals surface area contributed by atoms with E-state index in [0.29, 0.717) is 12.0 Å². The zero-order chi connectivity index (χ0) is 8.15. The molecular formula is C9H19N. The lowest BCUT2D eigenvalue weighted by Crippen LogP contribution is -2.19. The summed E-state index contributed by atoms with van der Waals surface area (Å²) in [6, 6.07) is 0.606. The highest BCUT2D eigenvalue weighted by molar-refractivity contribution is 4.84. The summed E-state index contributed by atoms with van der Waals surface area (Å²) in [4.78, 5) is 2.21. The molecule has 0 amide bonds. The molecule has 0 aliphatic rings. The molecule has 0 fully saturated rings. The lowest BCUT2D eigenvalue weighted by Gasteiger charge is -2.18. The number of allylic oxidation sites excluding steroid dienone is 1. The summed E-state index contributed by atoms with van der Waals surface area (Å²) in [7, 11) is 2.10. The molecule has 0 radical (unpaired) electrons. The van der Waals surface area contributed by atoms with Gasteiger partial charge in [0.25, 0.3) is 0 Å². The van der Waals surface area contributed by atoms with Crippen LogP contribution in [-0.4, -0.2) is 18.0 Å². The molecule has 0 bridgehead atoms. The van der Waals surface area contributed by atoms with Gasteiger partial charge in [-0.15, -0.1) is 0 Å². The fraction of sp³-hybridized carbons (Fsp3) is 0.778. The summed E-state index contributed by atoms with van der Waals surface area (Å²) in [6.07, 6.45) is 4.36. The molecule has 0 saturated heterocycles. The predicted octanol–water partition coefficient (Wildman–Crippen LogP) is 2.50. The van der Waals surface area contributed by atoms with Crippen molar-refractivity contribution >= 4 is 0 Å². The molecule has 0 rings (SSSR count). The number of hydrogen-bond donors (Lipinski definition) is 0. The second-order valence-corrected chi connectivity index (χ2v) is 3.34. The van der Waals surface area contributed by atoms with E-state index in [0.717, 1.165) is 0 Å². The van der Waals surface area contributed by atoms with E-state index in [2.05, 4.69) is 51.9 Å². The minimum Gasteiger partial charge on any atom is -0.378 e. The Bertz CT molecular complexity index is 103. The minimum absolute atomic E-state index is 0.606. The van der Waals surface area contributed by atoms with E-state index in [-0.39, 0.29) is 0 Å². The monoisotopic (exact) mass is 141 g/mol. The Balaban J connectivity index is 3.66. The highest BCUT2D eigenvalue weighted by Gasteiger charge is 1.94. The standard InChI is InChI=1S/C9H19N/c1-8(2)6-7-10(5)9(3)4/h6-9H,1-5H3/b7-6-. The van der Waals surface area contributed by atoms with Crippen LogP contribution in [0.25, 0.3) is 0 Å². The third-order valence-electron chi connectivity index (χ3n) is 1.52. The molecule has 0 heterocycles. The molecular weight excluding hydrogens is 122 g/mol. The highest BCUT2D eigenvalue weighted by Crippen LogP contribution is 1.98. The van der Waals surface area contributed by atoms with Gasteiger partial charge < -0.3 is 4.90 Å². The SMILES string of the molecule is CC(C)/C=C\N(C)C(C)C. The van der Waals surface area contributed by atoms with Gasteiger partial charge in [-0.1, -0.05) is 19.9 Å². The van der Waals surface area contributed by atoms with E-state index in [1.165, 1.54) is 0 Å². The van der Waals surface area contributed by atoms with E-state index in [1.54, 1.807) is 0 Å². The van der Waals surface area contributed by atoms with Gasteiger partial charge >= 0.3 is 0 Å². The van der Waals surface area contributed by atoms with Crippen molar-refractivity contribution in [3.63, 3.8) is 0 Å². The van der Waals surface area contributed by atoms with Crippen LogP contribution in [-0.2, 0) is 0 Å². The lowest BCUT2D eigenvalue weighted by atomic mass is 10.2. The molecule has 0 aromatic carbocycles. The first-order valence-corrected chi connectivity index (χ1v) is 3.94. The maximum atomic E-state index is 2.21. The van der Waals surface area contributed by atoms with Crippen LogP contribution >= 0.6 is 0 Å². The van der Waals surface area contributed by atoms with Gasteiger partial charge in [0.05, 0.1) is 0 Å². The Morgan fingerprint density at radius 3 is 1.90 bits per heavy atom. The molecule has 0 saturated carbocycles. The Labute approximate surface area is 64.7 Å². The number of nitrogens with zero attached hydrogens (tertiary/aromatic N) is 1. The van der Waals surface area contributed by atoms with E-state index >= 15 is 0 Å². The van der Waals surface area contributed by atoms with Crippen molar-refractivity contribution < 1.29 is 0 Å². The van der Waals surface area contributed by atoms with Gasteiger partial charge in [-0.2, -0.15) is 0 Å². The van der Waals surface area contributed by atoms with Crippen LogP contribution in [0.15, 0.2) is 12.3 Å². The zero-order valence-electron chi connectivity index (χ0n) is 7.76. The first-order chi connectivity index (χ1) is 4.54. The highest BCUT2D eigenvalue weighted by atomic mass is 15.1. The molecule has 0 aliphatic heterocycles. The second-order valence-electron chi connectivity index (χ2n) is 3.34. The summed E-state index contributed by atoms with van der Waals surface area (Å²) < 4.78 is 0. The van der Waals surface area contributed by atoms with Crippen molar-refractivity contribution in [3.8, 4) is 0 Å². The molecule has 1 heteroatoms. The van der Waals surface area contributed by atoms with Gasteiger partial charge in [0.15, 0.2) is 0 Å². The van der Waals surface area contributed by atoms with Gasteiger partial charge in [-0.05, 0) is 26.0 Å². The van der Waals surface area contributed by atoms with E-state index in [4.69, 9.17) is 0 Å². The van der Waals surface area contributed by atoms with Crippen molar-refractivity contribution in [1.82, 2.24) is 4.90 Å². The first kappa shape index (κ1) is 9.54. The molecule has 0 spiro atoms. The Morgan fingerprint density at radius 2 is 1.60 bits per heavy atom. The van der Waals surface area contributed by atoms with Crippen molar-refractivity contribution in [3.05, 3.63) is 12.3 Å². The number of hydrogen-bond acceptors (Lipinski definition) is 1. The quantitative estimate of drug-likeness (QED) is 0.583. The molecule has 0 aromatic heterocycles. The Kier molecular flexibility index (Phi) is 4.17. The Hall–Kier alpha value is -0.460. The van der Waals surface area contributed by atoms with Crippen LogP contribution in [0.4, 0.5) is 0 Å². The van der Waals surface area contributed by atoms with Crippen LogP contribution in [0.2, 0.25) is 0 Å². The zero-order valence-corrected chi connectivity index (χ0v) is 7.76. The minimum atomic E-state index is 0.606. The van der Waals surface area contributed by atoms with Crippen LogP contribution in [0.1, 0.15) is 27.7 Å². The lowest BCUT2D eigenvalue weighted by molar-refractivity contribution is 0.373. The average molecular weight is 141 g/mol. The topological polar surface area (TPSA) is 3.24 Å². The fourth-order valence-corrected chi connectivity index (χ4v) is 0.480. The molecule has 0 aromatic rings. The molecule has 1 nitrogen and oxygen atoms in total. The average Bonchev–Trinajstić information content (AvgIpc) is 1.82. The van der Waals surface area contributed by atoms with Crippen molar-refractivity contribution in [1.29, 1.82) is 0 Å².